The second-order valence-corrected chi connectivity index (χ2v) is 6.59. The topological polar surface area (TPSA) is 21.3 Å². The molecule has 2 nitrogen and oxygen atoms in total. The molecule has 0 radical (unpaired) electrons. The van der Waals surface area contributed by atoms with Crippen LogP contribution in [0, 0.1) is 10.8 Å². The second kappa shape index (κ2) is 5.86. The minimum absolute atomic E-state index is 0.223. The van der Waals surface area contributed by atoms with Gasteiger partial charge in [0.15, 0.2) is 0 Å². The summed E-state index contributed by atoms with van der Waals surface area (Å²) in [4.78, 5) is 0. The van der Waals surface area contributed by atoms with Crippen molar-refractivity contribution in [3.05, 3.63) is 0 Å². The molecule has 0 saturated carbocycles. The molecule has 0 aromatic rings. The molecule has 0 fully saturated rings. The van der Waals surface area contributed by atoms with Gasteiger partial charge in [0.05, 0.1) is 12.7 Å². The van der Waals surface area contributed by atoms with Gasteiger partial charge in [-0.15, -0.1) is 0 Å². The molecule has 0 aromatic heterocycles. The molecule has 1 atom stereocenters. The molecular formula is C13H29NO. The summed E-state index contributed by atoms with van der Waals surface area (Å²) in [6.07, 6.45) is 1.45. The van der Waals surface area contributed by atoms with Crippen molar-refractivity contribution in [1.82, 2.24) is 5.32 Å². The van der Waals surface area contributed by atoms with Gasteiger partial charge < -0.3 is 10.1 Å². The third kappa shape index (κ3) is 7.80. The largest absolute Gasteiger partial charge is 0.376 e. The summed E-state index contributed by atoms with van der Waals surface area (Å²) in [5.74, 6) is 0. The zero-order valence-corrected chi connectivity index (χ0v) is 11.6. The Hall–Kier alpha value is -0.0800. The maximum absolute atomic E-state index is 5.96. The molecule has 92 valence electrons. The zero-order chi connectivity index (χ0) is 12.1. The molecule has 0 bridgehead atoms. The van der Waals surface area contributed by atoms with Crippen molar-refractivity contribution in [3.8, 4) is 0 Å². The Labute approximate surface area is 95.8 Å². The number of nitrogens with one attached hydrogen (secondary N) is 1. The van der Waals surface area contributed by atoms with Crippen molar-refractivity contribution >= 4 is 0 Å². The molecular weight excluding hydrogens is 186 g/mol. The zero-order valence-electron chi connectivity index (χ0n) is 11.6. The van der Waals surface area contributed by atoms with Crippen LogP contribution >= 0.6 is 0 Å². The Balaban J connectivity index is 4.21. The van der Waals surface area contributed by atoms with Crippen LogP contribution in [0.25, 0.3) is 0 Å². The van der Waals surface area contributed by atoms with Crippen molar-refractivity contribution in [3.63, 3.8) is 0 Å². The standard InChI is InChI=1S/C13H29NO/c1-12(2,3)10-11(13(4,5)6)15-9-8-14-7/h11,14H,8-10H2,1-7H3. The van der Waals surface area contributed by atoms with E-state index in [-0.39, 0.29) is 5.41 Å². The average Bonchev–Trinajstić information content (AvgIpc) is 1.99. The lowest BCUT2D eigenvalue weighted by atomic mass is 9.78. The van der Waals surface area contributed by atoms with Gasteiger partial charge in [-0.3, -0.25) is 0 Å². The SMILES string of the molecule is CNCCOC(CC(C)(C)C)C(C)(C)C. The molecule has 1 unspecified atom stereocenters. The molecule has 0 heterocycles. The van der Waals surface area contributed by atoms with Gasteiger partial charge in [0.2, 0.25) is 0 Å². The minimum Gasteiger partial charge on any atom is -0.376 e. The first-order valence-corrected chi connectivity index (χ1v) is 5.93. The van der Waals surface area contributed by atoms with Crippen molar-refractivity contribution < 1.29 is 4.74 Å². The van der Waals surface area contributed by atoms with Crippen LogP contribution in [-0.4, -0.2) is 26.3 Å². The third-order valence-corrected chi connectivity index (χ3v) is 2.43. The molecule has 0 amide bonds. The van der Waals surface area contributed by atoms with Crippen molar-refractivity contribution in [2.24, 2.45) is 10.8 Å². The molecule has 0 saturated heterocycles. The van der Waals surface area contributed by atoms with Crippen LogP contribution in [0.5, 0.6) is 0 Å². The van der Waals surface area contributed by atoms with Crippen LogP contribution in [0.15, 0.2) is 0 Å². The fourth-order valence-electron chi connectivity index (χ4n) is 1.47. The van der Waals surface area contributed by atoms with Crippen LogP contribution < -0.4 is 5.32 Å². The van der Waals surface area contributed by atoms with Crippen LogP contribution in [0.1, 0.15) is 48.0 Å². The quantitative estimate of drug-likeness (QED) is 0.712. The van der Waals surface area contributed by atoms with Crippen LogP contribution in [0.2, 0.25) is 0 Å². The number of rotatable bonds is 5. The van der Waals surface area contributed by atoms with Gasteiger partial charge in [-0.25, -0.2) is 0 Å². The highest BCUT2D eigenvalue weighted by Gasteiger charge is 2.29. The normalized spacial score (nSPS) is 15.4. The van der Waals surface area contributed by atoms with Gasteiger partial charge in [0.1, 0.15) is 0 Å². The first-order valence-electron chi connectivity index (χ1n) is 5.93. The van der Waals surface area contributed by atoms with E-state index in [1.165, 1.54) is 0 Å². The highest BCUT2D eigenvalue weighted by atomic mass is 16.5. The predicted octanol–water partition coefficient (Wildman–Crippen LogP) is 3.07. The fraction of sp³-hybridized carbons (Fsp3) is 1.00. The van der Waals surface area contributed by atoms with E-state index in [1.807, 2.05) is 7.05 Å². The summed E-state index contributed by atoms with van der Waals surface area (Å²) in [5.41, 5.74) is 0.554. The number of hydrogen-bond donors (Lipinski definition) is 1. The lowest BCUT2D eigenvalue weighted by Gasteiger charge is -2.35. The smallest absolute Gasteiger partial charge is 0.0629 e. The first-order chi connectivity index (χ1) is 6.67. The molecule has 15 heavy (non-hydrogen) atoms. The summed E-state index contributed by atoms with van der Waals surface area (Å²) in [6, 6.07) is 0. The van der Waals surface area contributed by atoms with Gasteiger partial charge in [0, 0.05) is 6.54 Å². The number of likely N-dealkylation sites (N-methyl/N-ethyl adjacent to an activating group) is 1. The molecule has 0 aliphatic rings. The highest BCUT2D eigenvalue weighted by Crippen LogP contribution is 2.32. The van der Waals surface area contributed by atoms with Gasteiger partial charge in [0.25, 0.3) is 0 Å². The second-order valence-electron chi connectivity index (χ2n) is 6.59. The molecule has 0 aromatic carbocycles. The van der Waals surface area contributed by atoms with E-state index in [4.69, 9.17) is 4.74 Å². The maximum Gasteiger partial charge on any atom is 0.0629 e. The van der Waals surface area contributed by atoms with E-state index in [1.54, 1.807) is 0 Å². The number of hydrogen-bond acceptors (Lipinski definition) is 2. The summed E-state index contributed by atoms with van der Waals surface area (Å²) in [5, 5.41) is 3.11. The van der Waals surface area contributed by atoms with Crippen LogP contribution in [0.4, 0.5) is 0 Å². The average molecular weight is 215 g/mol. The van der Waals surface area contributed by atoms with Gasteiger partial charge in [-0.1, -0.05) is 41.5 Å². The Morgan fingerprint density at radius 3 is 1.93 bits per heavy atom. The van der Waals surface area contributed by atoms with Crippen molar-refractivity contribution in [1.29, 1.82) is 0 Å². The Morgan fingerprint density at radius 2 is 1.60 bits per heavy atom. The van der Waals surface area contributed by atoms with Crippen LogP contribution in [0.3, 0.4) is 0 Å². The summed E-state index contributed by atoms with van der Waals surface area (Å²) < 4.78 is 5.96. The monoisotopic (exact) mass is 215 g/mol. The Bertz CT molecular complexity index is 164. The lowest BCUT2D eigenvalue weighted by Crippen LogP contribution is -2.35. The first kappa shape index (κ1) is 14.9. The summed E-state index contributed by atoms with van der Waals surface area (Å²) >= 11 is 0. The molecule has 0 spiro atoms. The molecule has 0 aliphatic carbocycles. The summed E-state index contributed by atoms with van der Waals surface area (Å²) in [7, 11) is 1.96. The fourth-order valence-corrected chi connectivity index (χ4v) is 1.47. The van der Waals surface area contributed by atoms with E-state index >= 15 is 0 Å². The maximum atomic E-state index is 5.96. The predicted molar refractivity (Wildman–Crippen MR) is 67.2 cm³/mol. The molecule has 2 heteroatoms. The van der Waals surface area contributed by atoms with Crippen molar-refractivity contribution in [2.75, 3.05) is 20.2 Å². The van der Waals surface area contributed by atoms with E-state index < -0.39 is 0 Å². The van der Waals surface area contributed by atoms with E-state index in [9.17, 15) is 0 Å². The van der Waals surface area contributed by atoms with E-state index in [0.29, 0.717) is 11.5 Å². The third-order valence-electron chi connectivity index (χ3n) is 2.43. The highest BCUT2D eigenvalue weighted by molar-refractivity contribution is 4.79. The molecule has 0 aliphatic heterocycles. The lowest BCUT2D eigenvalue weighted by molar-refractivity contribution is -0.0384. The van der Waals surface area contributed by atoms with Gasteiger partial charge >= 0.3 is 0 Å². The van der Waals surface area contributed by atoms with E-state index in [2.05, 4.69) is 46.9 Å². The summed E-state index contributed by atoms with van der Waals surface area (Å²) in [6.45, 7) is 15.3. The van der Waals surface area contributed by atoms with Gasteiger partial charge in [-0.05, 0) is 24.3 Å². The van der Waals surface area contributed by atoms with E-state index in [0.717, 1.165) is 19.6 Å². The Morgan fingerprint density at radius 1 is 1.07 bits per heavy atom. The Kier molecular flexibility index (Phi) is 5.82. The number of ether oxygens (including phenoxy) is 1. The van der Waals surface area contributed by atoms with Crippen molar-refractivity contribution in [2.45, 2.75) is 54.1 Å². The van der Waals surface area contributed by atoms with Gasteiger partial charge in [-0.2, -0.15) is 0 Å². The van der Waals surface area contributed by atoms with Crippen LogP contribution in [-0.2, 0) is 4.74 Å². The molecule has 1 N–H and O–H groups in total. The minimum atomic E-state index is 0.223. The molecule has 0 rings (SSSR count).